The number of aryl methyl sites for hydroxylation is 2. The van der Waals surface area contributed by atoms with Crippen LogP contribution in [0.2, 0.25) is 0 Å². The highest BCUT2D eigenvalue weighted by Crippen LogP contribution is 2.17. The highest BCUT2D eigenvalue weighted by Gasteiger charge is 2.03. The number of aromatic nitrogens is 2. The second kappa shape index (κ2) is 5.23. The lowest BCUT2D eigenvalue weighted by atomic mass is 10.3. The molecule has 0 amide bonds. The molecule has 0 saturated carbocycles. The van der Waals surface area contributed by atoms with E-state index >= 15 is 0 Å². The largest absolute Gasteiger partial charge is 0.386 e. The van der Waals surface area contributed by atoms with Crippen LogP contribution in [0.3, 0.4) is 0 Å². The molecule has 2 aromatic rings. The summed E-state index contributed by atoms with van der Waals surface area (Å²) in [5.41, 5.74) is 9.48. The maximum absolute atomic E-state index is 5.58. The molecule has 2 rings (SSSR count). The highest BCUT2D eigenvalue weighted by molar-refractivity contribution is 6.28. The molecular formula is C13H15ClN4. The van der Waals surface area contributed by atoms with Gasteiger partial charge in [0.05, 0.1) is 22.9 Å². The Morgan fingerprint density at radius 1 is 1.33 bits per heavy atom. The van der Waals surface area contributed by atoms with E-state index in [2.05, 4.69) is 10.1 Å². The Bertz CT molecular complexity index is 569. The zero-order valence-corrected chi connectivity index (χ0v) is 11.1. The highest BCUT2D eigenvalue weighted by atomic mass is 35.5. The van der Waals surface area contributed by atoms with Gasteiger partial charge in [-0.3, -0.25) is 0 Å². The van der Waals surface area contributed by atoms with E-state index < -0.39 is 0 Å². The van der Waals surface area contributed by atoms with Crippen molar-refractivity contribution < 1.29 is 0 Å². The van der Waals surface area contributed by atoms with Crippen molar-refractivity contribution in [2.24, 2.45) is 10.7 Å². The fourth-order valence-electron chi connectivity index (χ4n) is 1.75. The van der Waals surface area contributed by atoms with Gasteiger partial charge in [0.2, 0.25) is 0 Å². The number of benzene rings is 1. The molecule has 1 heterocycles. The van der Waals surface area contributed by atoms with E-state index in [-0.39, 0.29) is 5.88 Å². The fraction of sp³-hybridized carbons (Fsp3) is 0.231. The van der Waals surface area contributed by atoms with Gasteiger partial charge in [-0.25, -0.2) is 9.67 Å². The first-order valence-electron chi connectivity index (χ1n) is 5.63. The third kappa shape index (κ3) is 2.71. The zero-order chi connectivity index (χ0) is 13.1. The van der Waals surface area contributed by atoms with Gasteiger partial charge in [-0.15, -0.1) is 11.6 Å². The molecule has 0 saturated heterocycles. The Balaban J connectivity index is 2.30. The van der Waals surface area contributed by atoms with E-state index in [1.165, 1.54) is 0 Å². The van der Waals surface area contributed by atoms with Crippen LogP contribution in [-0.2, 0) is 0 Å². The minimum atomic E-state index is 0.235. The van der Waals surface area contributed by atoms with Crippen molar-refractivity contribution in [3.05, 3.63) is 41.7 Å². The number of halogens is 1. The Hall–Kier alpha value is -1.81. The van der Waals surface area contributed by atoms with Gasteiger partial charge in [0, 0.05) is 5.69 Å². The van der Waals surface area contributed by atoms with Gasteiger partial charge in [-0.2, -0.15) is 5.10 Å². The van der Waals surface area contributed by atoms with E-state index in [0.29, 0.717) is 5.84 Å². The average Bonchev–Trinajstić information content (AvgIpc) is 2.69. The molecule has 5 heteroatoms. The lowest BCUT2D eigenvalue weighted by molar-refractivity contribution is 0.834. The summed E-state index contributed by atoms with van der Waals surface area (Å²) >= 11 is 5.58. The van der Waals surface area contributed by atoms with Crippen LogP contribution in [0.4, 0.5) is 5.69 Å². The monoisotopic (exact) mass is 262 g/mol. The van der Waals surface area contributed by atoms with Gasteiger partial charge < -0.3 is 5.73 Å². The summed E-state index contributed by atoms with van der Waals surface area (Å²) in [6.45, 7) is 4.00. The molecule has 2 N–H and O–H groups in total. The van der Waals surface area contributed by atoms with Gasteiger partial charge in [0.1, 0.15) is 5.84 Å². The number of rotatable bonds is 3. The van der Waals surface area contributed by atoms with Crippen LogP contribution in [0, 0.1) is 13.8 Å². The molecule has 0 unspecified atom stereocenters. The molecule has 0 aliphatic heterocycles. The van der Waals surface area contributed by atoms with Crippen LogP contribution < -0.4 is 5.73 Å². The van der Waals surface area contributed by atoms with Gasteiger partial charge in [0.25, 0.3) is 0 Å². The van der Waals surface area contributed by atoms with Crippen LogP contribution in [0.1, 0.15) is 11.4 Å². The number of alkyl halides is 1. The van der Waals surface area contributed by atoms with Crippen molar-refractivity contribution in [1.82, 2.24) is 9.78 Å². The zero-order valence-electron chi connectivity index (χ0n) is 10.4. The first kappa shape index (κ1) is 12.6. The first-order chi connectivity index (χ1) is 8.60. The summed E-state index contributed by atoms with van der Waals surface area (Å²) in [7, 11) is 0. The van der Waals surface area contributed by atoms with Crippen molar-refractivity contribution in [3.8, 4) is 5.69 Å². The summed E-state index contributed by atoms with van der Waals surface area (Å²) in [5, 5.41) is 4.42. The molecule has 4 nitrogen and oxygen atoms in total. The van der Waals surface area contributed by atoms with Gasteiger partial charge in [-0.1, -0.05) is 0 Å². The molecule has 18 heavy (non-hydrogen) atoms. The van der Waals surface area contributed by atoms with Crippen molar-refractivity contribution in [2.75, 3.05) is 5.88 Å². The smallest absolute Gasteiger partial charge is 0.115 e. The van der Waals surface area contributed by atoms with Crippen LogP contribution in [0.5, 0.6) is 0 Å². The van der Waals surface area contributed by atoms with E-state index in [4.69, 9.17) is 17.3 Å². The summed E-state index contributed by atoms with van der Waals surface area (Å²) in [6, 6.07) is 9.74. The second-order valence-corrected chi connectivity index (χ2v) is 4.36. The van der Waals surface area contributed by atoms with Crippen LogP contribution in [-0.4, -0.2) is 21.5 Å². The normalized spacial score (nSPS) is 11.8. The van der Waals surface area contributed by atoms with Gasteiger partial charge >= 0.3 is 0 Å². The third-order valence-electron chi connectivity index (χ3n) is 2.51. The van der Waals surface area contributed by atoms with Crippen molar-refractivity contribution in [3.63, 3.8) is 0 Å². The average molecular weight is 263 g/mol. The van der Waals surface area contributed by atoms with E-state index in [1.54, 1.807) is 0 Å². The summed E-state index contributed by atoms with van der Waals surface area (Å²) in [5.74, 6) is 0.648. The van der Waals surface area contributed by atoms with Gasteiger partial charge in [0.15, 0.2) is 0 Å². The molecule has 1 aromatic carbocycles. The quantitative estimate of drug-likeness (QED) is 0.525. The Labute approximate surface area is 111 Å². The van der Waals surface area contributed by atoms with E-state index in [9.17, 15) is 0 Å². The molecule has 0 radical (unpaired) electrons. The minimum Gasteiger partial charge on any atom is -0.386 e. The molecule has 0 spiro atoms. The molecule has 0 bridgehead atoms. The molecule has 0 aliphatic carbocycles. The number of nitrogens with zero attached hydrogens (tertiary/aromatic N) is 3. The lowest BCUT2D eigenvalue weighted by Crippen LogP contribution is -2.12. The SMILES string of the molecule is Cc1cc(C)n(-c2ccc(N=C(N)CCl)cc2)n1. The van der Waals surface area contributed by atoms with Crippen molar-refractivity contribution >= 4 is 23.1 Å². The minimum absolute atomic E-state index is 0.235. The molecule has 94 valence electrons. The van der Waals surface area contributed by atoms with E-state index in [1.807, 2.05) is 48.9 Å². The number of amidine groups is 1. The Morgan fingerprint density at radius 2 is 2.00 bits per heavy atom. The maximum atomic E-state index is 5.58. The molecule has 0 fully saturated rings. The molecular weight excluding hydrogens is 248 g/mol. The summed E-state index contributed by atoms with van der Waals surface area (Å²) in [4.78, 5) is 4.17. The maximum Gasteiger partial charge on any atom is 0.115 e. The number of nitrogens with two attached hydrogens (primary N) is 1. The Morgan fingerprint density at radius 3 is 2.50 bits per heavy atom. The molecule has 0 atom stereocenters. The molecule has 0 aliphatic rings. The number of hydrogen-bond acceptors (Lipinski definition) is 2. The molecule has 1 aromatic heterocycles. The number of aliphatic imine (C=N–C) groups is 1. The van der Waals surface area contributed by atoms with Gasteiger partial charge in [-0.05, 0) is 44.2 Å². The van der Waals surface area contributed by atoms with Crippen molar-refractivity contribution in [2.45, 2.75) is 13.8 Å². The summed E-state index contributed by atoms with van der Waals surface area (Å²) < 4.78 is 1.90. The standard InChI is InChI=1S/C13H15ClN4/c1-9-7-10(2)18(17-9)12-5-3-11(4-6-12)16-13(15)8-14/h3-7H,8H2,1-2H3,(H2,15,16). The van der Waals surface area contributed by atoms with E-state index in [0.717, 1.165) is 22.8 Å². The third-order valence-corrected chi connectivity index (χ3v) is 2.79. The topological polar surface area (TPSA) is 56.2 Å². The fourth-order valence-corrected chi connectivity index (χ4v) is 1.81. The van der Waals surface area contributed by atoms with Crippen LogP contribution >= 0.6 is 11.6 Å². The summed E-state index contributed by atoms with van der Waals surface area (Å²) in [6.07, 6.45) is 0. The number of hydrogen-bond donors (Lipinski definition) is 1. The predicted octanol–water partition coefficient (Wildman–Crippen LogP) is 2.72. The second-order valence-electron chi connectivity index (χ2n) is 4.09. The lowest BCUT2D eigenvalue weighted by Gasteiger charge is -2.04. The van der Waals surface area contributed by atoms with Crippen LogP contribution in [0.25, 0.3) is 5.69 Å². The van der Waals surface area contributed by atoms with Crippen molar-refractivity contribution in [1.29, 1.82) is 0 Å². The predicted molar refractivity (Wildman–Crippen MR) is 75.0 cm³/mol. The Kier molecular flexibility index (Phi) is 3.67. The van der Waals surface area contributed by atoms with Crippen LogP contribution in [0.15, 0.2) is 35.3 Å². The first-order valence-corrected chi connectivity index (χ1v) is 6.16.